The third-order valence-corrected chi connectivity index (χ3v) is 8.76. The Morgan fingerprint density at radius 2 is 0.900 bits per heavy atom. The Morgan fingerprint density at radius 1 is 0.525 bits per heavy atom. The number of aromatic hydroxyl groups is 1. The van der Waals surface area contributed by atoms with Crippen molar-refractivity contribution >= 4 is 0 Å². The van der Waals surface area contributed by atoms with Crippen LogP contribution >= 0.6 is 0 Å². The molecule has 4 nitrogen and oxygen atoms in total. The third kappa shape index (κ3) is 21.6. The molecule has 0 saturated carbocycles. The first-order valence-electron chi connectivity index (χ1n) is 17.2. The highest BCUT2D eigenvalue weighted by Gasteiger charge is 2.14. The highest BCUT2D eigenvalue weighted by atomic mass is 16.3. The summed E-state index contributed by atoms with van der Waals surface area (Å²) in [4.78, 5) is 0. The van der Waals surface area contributed by atoms with Crippen molar-refractivity contribution in [1.82, 2.24) is 0 Å². The van der Waals surface area contributed by atoms with Crippen LogP contribution in [0.1, 0.15) is 167 Å². The predicted molar refractivity (Wildman–Crippen MR) is 171 cm³/mol. The zero-order valence-corrected chi connectivity index (χ0v) is 26.4. The van der Waals surface area contributed by atoms with E-state index in [9.17, 15) is 20.4 Å². The van der Waals surface area contributed by atoms with Gasteiger partial charge in [0.1, 0.15) is 5.75 Å². The minimum absolute atomic E-state index is 0.205. The van der Waals surface area contributed by atoms with Gasteiger partial charge in [0.15, 0.2) is 0 Å². The van der Waals surface area contributed by atoms with E-state index in [1.165, 1.54) is 102 Å². The Bertz CT molecular complexity index is 661. The van der Waals surface area contributed by atoms with E-state index in [4.69, 9.17) is 0 Å². The van der Waals surface area contributed by atoms with Crippen molar-refractivity contribution in [3.63, 3.8) is 0 Å². The van der Waals surface area contributed by atoms with Gasteiger partial charge in [0.25, 0.3) is 0 Å². The van der Waals surface area contributed by atoms with Gasteiger partial charge in [0.05, 0.1) is 18.3 Å². The Balaban J connectivity index is 1.77. The van der Waals surface area contributed by atoms with Crippen LogP contribution in [0.4, 0.5) is 0 Å². The number of aliphatic hydroxyl groups excluding tert-OH is 3. The summed E-state index contributed by atoms with van der Waals surface area (Å²) in [5.41, 5.74) is 1.33. The van der Waals surface area contributed by atoms with Gasteiger partial charge in [0, 0.05) is 0 Å². The van der Waals surface area contributed by atoms with Crippen molar-refractivity contribution < 1.29 is 20.4 Å². The van der Waals surface area contributed by atoms with Crippen molar-refractivity contribution in [3.8, 4) is 5.75 Å². The van der Waals surface area contributed by atoms with E-state index < -0.39 is 6.10 Å². The maximum atomic E-state index is 10.2. The van der Waals surface area contributed by atoms with Gasteiger partial charge in [-0.2, -0.15) is 0 Å². The first kappa shape index (κ1) is 36.9. The SMILES string of the molecule is CC[C@@H](O)[C@@H](C)CCCC[C@@H](O)C[C@H](O)CCCCCCCCCCCCCCCCCCc1ccc(O)cc1. The van der Waals surface area contributed by atoms with Crippen molar-refractivity contribution in [2.24, 2.45) is 5.92 Å². The summed E-state index contributed by atoms with van der Waals surface area (Å²) in [6, 6.07) is 7.64. The maximum absolute atomic E-state index is 10.2. The van der Waals surface area contributed by atoms with Crippen molar-refractivity contribution in [3.05, 3.63) is 29.8 Å². The van der Waals surface area contributed by atoms with Crippen LogP contribution in [0.15, 0.2) is 24.3 Å². The monoisotopic (exact) mass is 562 g/mol. The van der Waals surface area contributed by atoms with E-state index in [1.54, 1.807) is 12.1 Å². The molecule has 0 radical (unpaired) electrons. The topological polar surface area (TPSA) is 80.9 Å². The number of benzene rings is 1. The fraction of sp³-hybridized carbons (Fsp3) is 0.833. The molecule has 234 valence electrons. The predicted octanol–water partition coefficient (Wildman–Crippen LogP) is 9.65. The molecule has 4 heteroatoms. The fourth-order valence-electron chi connectivity index (χ4n) is 5.84. The number of aliphatic hydroxyl groups is 3. The van der Waals surface area contributed by atoms with Gasteiger partial charge in [-0.1, -0.05) is 135 Å². The highest BCUT2D eigenvalue weighted by molar-refractivity contribution is 5.25. The van der Waals surface area contributed by atoms with Gasteiger partial charge in [0.2, 0.25) is 0 Å². The molecule has 0 fully saturated rings. The fourth-order valence-corrected chi connectivity index (χ4v) is 5.84. The molecule has 0 bridgehead atoms. The van der Waals surface area contributed by atoms with Crippen LogP contribution in [-0.4, -0.2) is 38.7 Å². The lowest BCUT2D eigenvalue weighted by Crippen LogP contribution is -2.18. The Kier molecular flexibility index (Phi) is 23.6. The number of phenolic OH excluding ortho intramolecular Hbond substituents is 1. The van der Waals surface area contributed by atoms with E-state index in [-0.39, 0.29) is 12.2 Å². The van der Waals surface area contributed by atoms with Crippen LogP contribution in [0.3, 0.4) is 0 Å². The van der Waals surface area contributed by atoms with Crippen LogP contribution in [0.5, 0.6) is 5.75 Å². The quantitative estimate of drug-likeness (QED) is 0.0766. The van der Waals surface area contributed by atoms with Gasteiger partial charge in [-0.3, -0.25) is 0 Å². The molecule has 0 saturated heterocycles. The van der Waals surface area contributed by atoms with E-state index >= 15 is 0 Å². The molecule has 1 aromatic carbocycles. The summed E-state index contributed by atoms with van der Waals surface area (Å²) in [6.07, 6.45) is 27.3. The zero-order valence-electron chi connectivity index (χ0n) is 26.4. The molecular weight excluding hydrogens is 496 g/mol. The Hall–Kier alpha value is -1.10. The second-order valence-electron chi connectivity index (χ2n) is 12.6. The summed E-state index contributed by atoms with van der Waals surface area (Å²) in [6.45, 7) is 4.12. The standard InChI is InChI=1S/C36H66O4/c1-3-36(40)31(2)22-20-21-25-35(39)30-34(38)24-19-17-15-13-11-9-7-5-4-6-8-10-12-14-16-18-23-32-26-28-33(37)29-27-32/h26-29,31,34-40H,3-25,30H2,1-2H3/t31-,34+,35+,36+/m0/s1. The van der Waals surface area contributed by atoms with Crippen LogP contribution in [-0.2, 0) is 6.42 Å². The van der Waals surface area contributed by atoms with Gasteiger partial charge >= 0.3 is 0 Å². The molecule has 0 heterocycles. The Morgan fingerprint density at radius 3 is 1.35 bits per heavy atom. The normalized spacial score (nSPS) is 14.7. The lowest BCUT2D eigenvalue weighted by molar-refractivity contribution is 0.0668. The third-order valence-electron chi connectivity index (χ3n) is 8.76. The molecule has 4 N–H and O–H groups in total. The van der Waals surface area contributed by atoms with Crippen molar-refractivity contribution in [2.45, 2.75) is 186 Å². The second-order valence-corrected chi connectivity index (χ2v) is 12.6. The number of rotatable bonds is 28. The summed E-state index contributed by atoms with van der Waals surface area (Å²) >= 11 is 0. The molecule has 40 heavy (non-hydrogen) atoms. The first-order valence-corrected chi connectivity index (χ1v) is 17.2. The maximum Gasteiger partial charge on any atom is 0.115 e. The van der Waals surface area contributed by atoms with Gasteiger partial charge in [-0.25, -0.2) is 0 Å². The minimum atomic E-state index is -0.394. The summed E-state index contributed by atoms with van der Waals surface area (Å²) in [7, 11) is 0. The lowest BCUT2D eigenvalue weighted by atomic mass is 9.94. The zero-order chi connectivity index (χ0) is 29.3. The molecule has 0 amide bonds. The molecular formula is C36H66O4. The van der Waals surface area contributed by atoms with Crippen LogP contribution < -0.4 is 0 Å². The van der Waals surface area contributed by atoms with E-state index in [0.717, 1.165) is 51.4 Å². The molecule has 0 aliphatic carbocycles. The second kappa shape index (κ2) is 25.6. The molecule has 0 spiro atoms. The number of phenols is 1. The Labute approximate surface area is 248 Å². The van der Waals surface area contributed by atoms with Gasteiger partial charge in [-0.15, -0.1) is 0 Å². The van der Waals surface area contributed by atoms with Crippen LogP contribution in [0.25, 0.3) is 0 Å². The van der Waals surface area contributed by atoms with E-state index in [1.807, 2.05) is 19.1 Å². The number of aryl methyl sites for hydroxylation is 1. The average molecular weight is 563 g/mol. The lowest BCUT2D eigenvalue weighted by Gasteiger charge is -2.18. The number of hydrogen-bond acceptors (Lipinski definition) is 4. The van der Waals surface area contributed by atoms with Crippen molar-refractivity contribution in [2.75, 3.05) is 0 Å². The summed E-state index contributed by atoms with van der Waals surface area (Å²) in [5, 5.41) is 39.6. The van der Waals surface area contributed by atoms with Gasteiger partial charge in [-0.05, 0) is 68.6 Å². The molecule has 0 unspecified atom stereocenters. The highest BCUT2D eigenvalue weighted by Crippen LogP contribution is 2.19. The molecule has 1 aromatic rings. The van der Waals surface area contributed by atoms with Crippen LogP contribution in [0.2, 0.25) is 0 Å². The van der Waals surface area contributed by atoms with E-state index in [0.29, 0.717) is 18.1 Å². The molecule has 4 atom stereocenters. The van der Waals surface area contributed by atoms with Crippen LogP contribution in [0, 0.1) is 5.92 Å². The molecule has 0 aliphatic heterocycles. The van der Waals surface area contributed by atoms with E-state index in [2.05, 4.69) is 6.92 Å². The molecule has 1 rings (SSSR count). The largest absolute Gasteiger partial charge is 0.508 e. The summed E-state index contributed by atoms with van der Waals surface area (Å²) < 4.78 is 0. The smallest absolute Gasteiger partial charge is 0.115 e. The number of hydrogen-bond donors (Lipinski definition) is 4. The van der Waals surface area contributed by atoms with Gasteiger partial charge < -0.3 is 20.4 Å². The first-order chi connectivity index (χ1) is 19.4. The minimum Gasteiger partial charge on any atom is -0.508 e. The molecule has 0 aliphatic rings. The molecule has 0 aromatic heterocycles. The average Bonchev–Trinajstić information content (AvgIpc) is 2.95. The summed E-state index contributed by atoms with van der Waals surface area (Å²) in [5.74, 6) is 0.689. The number of unbranched alkanes of at least 4 members (excludes halogenated alkanes) is 16. The van der Waals surface area contributed by atoms with Crippen molar-refractivity contribution in [1.29, 1.82) is 0 Å².